The Morgan fingerprint density at radius 2 is 1.80 bits per heavy atom. The number of benzene rings is 1. The zero-order chi connectivity index (χ0) is 22.9. The average Bonchev–Trinajstić information content (AvgIpc) is 2.68. The highest BCUT2D eigenvalue weighted by Gasteiger charge is 2.36. The molecule has 30 heavy (non-hydrogen) atoms. The van der Waals surface area contributed by atoms with Crippen molar-refractivity contribution in [2.45, 2.75) is 113 Å². The minimum Gasteiger partial charge on any atom is -0.487 e. The third-order valence-corrected chi connectivity index (χ3v) is 8.36. The van der Waals surface area contributed by atoms with E-state index in [4.69, 9.17) is 9.47 Å². The molecule has 0 N–H and O–H groups in total. The number of esters is 1. The van der Waals surface area contributed by atoms with Gasteiger partial charge in [0.1, 0.15) is 17.1 Å². The van der Waals surface area contributed by atoms with E-state index >= 15 is 0 Å². The lowest BCUT2D eigenvalue weighted by atomic mass is 9.66. The van der Waals surface area contributed by atoms with Crippen LogP contribution in [-0.2, 0) is 11.2 Å². The summed E-state index contributed by atoms with van der Waals surface area (Å²) in [5.74, 6) is 2.87. The van der Waals surface area contributed by atoms with Gasteiger partial charge in [0.05, 0.1) is 0 Å². The Morgan fingerprint density at radius 3 is 2.33 bits per heavy atom. The Morgan fingerprint density at radius 1 is 1.17 bits per heavy atom. The molecule has 2 rings (SSSR count). The van der Waals surface area contributed by atoms with Crippen LogP contribution in [0.1, 0.15) is 103 Å². The molecule has 0 saturated heterocycles. The molecule has 0 amide bonds. The molecule has 0 aromatic heterocycles. The lowest BCUT2D eigenvalue weighted by molar-refractivity contribution is -0.132. The molecule has 3 heteroatoms. The van der Waals surface area contributed by atoms with E-state index in [1.807, 2.05) is 6.92 Å². The average molecular weight is 417 g/mol. The second-order valence-electron chi connectivity index (χ2n) is 10.5. The number of hydrogen-bond acceptors (Lipinski definition) is 3. The van der Waals surface area contributed by atoms with E-state index in [1.165, 1.54) is 31.7 Å². The Bertz CT molecular complexity index is 779. The Hall–Kier alpha value is -1.51. The first-order chi connectivity index (χ1) is 13.9. The highest BCUT2D eigenvalue weighted by atomic mass is 16.5. The number of carbonyl (C=O) groups excluding carboxylic acids is 1. The van der Waals surface area contributed by atoms with Crippen LogP contribution in [0.4, 0.5) is 0 Å². The number of hydrogen-bond donors (Lipinski definition) is 0. The van der Waals surface area contributed by atoms with E-state index in [0.717, 1.165) is 41.7 Å². The number of ether oxygens (including phenoxy) is 2. The van der Waals surface area contributed by atoms with Crippen LogP contribution >= 0.6 is 0 Å². The first-order valence-corrected chi connectivity index (χ1v) is 11.9. The first-order valence-electron chi connectivity index (χ1n) is 11.9. The van der Waals surface area contributed by atoms with Gasteiger partial charge in [0, 0.05) is 12.5 Å². The Labute approximate surface area is 184 Å². The van der Waals surface area contributed by atoms with E-state index in [2.05, 4.69) is 55.4 Å². The van der Waals surface area contributed by atoms with Crippen molar-refractivity contribution in [3.8, 4) is 11.5 Å². The van der Waals surface area contributed by atoms with Crippen LogP contribution in [0.5, 0.6) is 11.5 Å². The molecule has 3 atom stereocenters. The van der Waals surface area contributed by atoms with Crippen LogP contribution in [0.3, 0.4) is 0 Å². The summed E-state index contributed by atoms with van der Waals surface area (Å²) in [6, 6.07) is 0. The van der Waals surface area contributed by atoms with Crippen molar-refractivity contribution >= 4 is 5.97 Å². The predicted molar refractivity (Wildman–Crippen MR) is 126 cm³/mol. The van der Waals surface area contributed by atoms with Crippen LogP contribution < -0.4 is 9.47 Å². The second kappa shape index (κ2) is 9.32. The zero-order valence-electron chi connectivity index (χ0n) is 21.1. The monoisotopic (exact) mass is 416 g/mol. The molecule has 1 heterocycles. The summed E-state index contributed by atoms with van der Waals surface area (Å²) in [6.45, 7) is 21.8. The van der Waals surface area contributed by atoms with Crippen molar-refractivity contribution in [3.63, 3.8) is 0 Å². The third kappa shape index (κ3) is 4.86. The first kappa shape index (κ1) is 24.8. The van der Waals surface area contributed by atoms with Gasteiger partial charge in [-0.2, -0.15) is 0 Å². The fourth-order valence-corrected chi connectivity index (χ4v) is 5.19. The maximum Gasteiger partial charge on any atom is 0.308 e. The van der Waals surface area contributed by atoms with Crippen LogP contribution in [0.2, 0.25) is 0 Å². The van der Waals surface area contributed by atoms with Gasteiger partial charge in [0.2, 0.25) is 0 Å². The predicted octanol–water partition coefficient (Wildman–Crippen LogP) is 7.50. The van der Waals surface area contributed by atoms with Crippen molar-refractivity contribution in [2.75, 3.05) is 0 Å². The lowest BCUT2D eigenvalue weighted by Gasteiger charge is -2.41. The van der Waals surface area contributed by atoms with Crippen molar-refractivity contribution < 1.29 is 14.3 Å². The Kier molecular flexibility index (Phi) is 7.69. The smallest absolute Gasteiger partial charge is 0.308 e. The summed E-state index contributed by atoms with van der Waals surface area (Å²) >= 11 is 0. The molecule has 1 aromatic rings. The van der Waals surface area contributed by atoms with Gasteiger partial charge in [0.15, 0.2) is 0 Å². The molecule has 3 nitrogen and oxygen atoms in total. The van der Waals surface area contributed by atoms with E-state index in [0.29, 0.717) is 23.0 Å². The standard InChI is InChI=1S/C27H44O3/c1-11-27(10,17(2)3)18(4)13-12-15-26(9)16-14-23-21(7)24(29-22(8)28)19(5)20(6)25(23)30-26/h17-18H,11-16H2,1-10H3. The van der Waals surface area contributed by atoms with E-state index in [9.17, 15) is 4.79 Å². The molecular formula is C27H44O3. The van der Waals surface area contributed by atoms with Gasteiger partial charge in [-0.05, 0) is 87.3 Å². The van der Waals surface area contributed by atoms with Crippen molar-refractivity contribution in [3.05, 3.63) is 22.3 Å². The molecular weight excluding hydrogens is 372 g/mol. The summed E-state index contributed by atoms with van der Waals surface area (Å²) in [4.78, 5) is 11.6. The molecule has 0 radical (unpaired) electrons. The van der Waals surface area contributed by atoms with Crippen LogP contribution in [0, 0.1) is 38.0 Å². The minimum atomic E-state index is -0.267. The van der Waals surface area contributed by atoms with Crippen LogP contribution in [0.25, 0.3) is 0 Å². The van der Waals surface area contributed by atoms with Crippen LogP contribution in [-0.4, -0.2) is 11.6 Å². The summed E-state index contributed by atoms with van der Waals surface area (Å²) < 4.78 is 12.2. The largest absolute Gasteiger partial charge is 0.487 e. The lowest BCUT2D eigenvalue weighted by Crippen LogP contribution is -2.37. The summed E-state index contributed by atoms with van der Waals surface area (Å²) in [5.41, 5.74) is 4.64. The van der Waals surface area contributed by atoms with Gasteiger partial charge >= 0.3 is 5.97 Å². The molecule has 0 spiro atoms. The van der Waals surface area contributed by atoms with Gasteiger partial charge < -0.3 is 9.47 Å². The second-order valence-corrected chi connectivity index (χ2v) is 10.5. The van der Waals surface area contributed by atoms with E-state index < -0.39 is 0 Å². The molecule has 1 aliphatic rings. The maximum atomic E-state index is 11.6. The van der Waals surface area contributed by atoms with Crippen LogP contribution in [0.15, 0.2) is 0 Å². The van der Waals surface area contributed by atoms with Gasteiger partial charge in [-0.3, -0.25) is 4.79 Å². The van der Waals surface area contributed by atoms with E-state index in [-0.39, 0.29) is 11.6 Å². The molecule has 1 aromatic carbocycles. The van der Waals surface area contributed by atoms with Crippen molar-refractivity contribution in [1.29, 1.82) is 0 Å². The molecule has 1 aliphatic heterocycles. The fourth-order valence-electron chi connectivity index (χ4n) is 5.19. The fraction of sp³-hybridized carbons (Fsp3) is 0.741. The quantitative estimate of drug-likeness (QED) is 0.325. The van der Waals surface area contributed by atoms with Crippen molar-refractivity contribution in [1.82, 2.24) is 0 Å². The molecule has 0 bridgehead atoms. The number of fused-ring (bicyclic) bond motifs is 1. The molecule has 0 fully saturated rings. The van der Waals surface area contributed by atoms with Gasteiger partial charge in [-0.15, -0.1) is 0 Å². The number of carbonyl (C=O) groups is 1. The molecule has 0 saturated carbocycles. The summed E-state index contributed by atoms with van der Waals surface area (Å²) in [7, 11) is 0. The summed E-state index contributed by atoms with van der Waals surface area (Å²) in [6.07, 6.45) is 6.73. The topological polar surface area (TPSA) is 35.5 Å². The minimum absolute atomic E-state index is 0.125. The summed E-state index contributed by atoms with van der Waals surface area (Å²) in [5, 5.41) is 0. The molecule has 170 valence electrons. The van der Waals surface area contributed by atoms with Crippen molar-refractivity contribution in [2.24, 2.45) is 17.3 Å². The maximum absolute atomic E-state index is 11.6. The SMILES string of the molecule is CCC(C)(C(C)C)C(C)CCCC1(C)CCc2c(C)c(OC(C)=O)c(C)c(C)c2O1. The van der Waals surface area contributed by atoms with E-state index in [1.54, 1.807) is 0 Å². The van der Waals surface area contributed by atoms with Gasteiger partial charge in [-0.1, -0.05) is 47.5 Å². The third-order valence-electron chi connectivity index (χ3n) is 8.36. The Balaban J connectivity index is 2.15. The van der Waals surface area contributed by atoms with Gasteiger partial charge in [0.25, 0.3) is 0 Å². The zero-order valence-corrected chi connectivity index (χ0v) is 21.1. The highest BCUT2D eigenvalue weighted by molar-refractivity contribution is 5.72. The van der Waals surface area contributed by atoms with Gasteiger partial charge in [-0.25, -0.2) is 0 Å². The number of rotatable bonds is 8. The molecule has 3 unspecified atom stereocenters. The normalized spacial score (nSPS) is 21.6. The molecule has 0 aliphatic carbocycles. The highest BCUT2D eigenvalue weighted by Crippen LogP contribution is 2.46.